The number of hydrogen-bond acceptors (Lipinski definition) is 1. The van der Waals surface area contributed by atoms with E-state index in [2.05, 4.69) is 30.9 Å². The lowest BCUT2D eigenvalue weighted by atomic mass is 10.0. The molecule has 74 valence electrons. The molecule has 1 heteroatoms. The molecule has 0 bridgehead atoms. The smallest absolute Gasteiger partial charge is 0.119 e. The van der Waals surface area contributed by atoms with Gasteiger partial charge in [0.2, 0.25) is 0 Å². The van der Waals surface area contributed by atoms with Gasteiger partial charge in [0.1, 0.15) is 5.75 Å². The van der Waals surface area contributed by atoms with E-state index in [1.165, 1.54) is 11.1 Å². The summed E-state index contributed by atoms with van der Waals surface area (Å²) in [7, 11) is 1.69. The molecule has 0 aliphatic carbocycles. The highest BCUT2D eigenvalue weighted by Gasteiger charge is 1.98. The number of hydrogen-bond donors (Lipinski definition) is 0. The Bertz CT molecular complexity index is 355. The number of ether oxygens (including phenoxy) is 1. The second-order valence-electron chi connectivity index (χ2n) is 3.22. The van der Waals surface area contributed by atoms with Gasteiger partial charge in [-0.1, -0.05) is 6.07 Å². The van der Waals surface area contributed by atoms with Crippen molar-refractivity contribution in [1.29, 1.82) is 0 Å². The molecule has 0 saturated heterocycles. The van der Waals surface area contributed by atoms with Gasteiger partial charge < -0.3 is 4.74 Å². The largest absolute Gasteiger partial charge is 0.497 e. The molecule has 0 fully saturated rings. The molecule has 0 atom stereocenters. The Kier molecular flexibility index (Phi) is 4.07. The fourth-order valence-corrected chi connectivity index (χ4v) is 1.40. The molecule has 1 rings (SSSR count). The maximum Gasteiger partial charge on any atom is 0.119 e. The van der Waals surface area contributed by atoms with E-state index < -0.39 is 0 Å². The van der Waals surface area contributed by atoms with Crippen molar-refractivity contribution in [1.82, 2.24) is 0 Å². The maximum atomic E-state index is 5.15. The normalized spacial score (nSPS) is 9.07. The van der Waals surface area contributed by atoms with Gasteiger partial charge >= 0.3 is 0 Å². The summed E-state index contributed by atoms with van der Waals surface area (Å²) in [5, 5.41) is 0. The molecule has 0 saturated carbocycles. The van der Waals surface area contributed by atoms with Gasteiger partial charge in [0.05, 0.1) is 7.11 Å². The van der Waals surface area contributed by atoms with E-state index in [9.17, 15) is 0 Å². The molecule has 0 aliphatic heterocycles. The van der Waals surface area contributed by atoms with Gasteiger partial charge in [0, 0.05) is 6.42 Å². The summed E-state index contributed by atoms with van der Waals surface area (Å²) in [5.41, 5.74) is 2.64. The van der Waals surface area contributed by atoms with Crippen LogP contribution in [0.2, 0.25) is 0 Å². The van der Waals surface area contributed by atoms with Crippen molar-refractivity contribution in [3.8, 4) is 17.6 Å². The van der Waals surface area contributed by atoms with Crippen LogP contribution in [0.25, 0.3) is 0 Å². The average Bonchev–Trinajstić information content (AvgIpc) is 2.20. The predicted molar refractivity (Wildman–Crippen MR) is 59.5 cm³/mol. The Hall–Kier alpha value is -1.42. The summed E-state index contributed by atoms with van der Waals surface area (Å²) in [6.07, 6.45) is 1.96. The first-order chi connectivity index (χ1) is 6.77. The highest BCUT2D eigenvalue weighted by Crippen LogP contribution is 2.17. The van der Waals surface area contributed by atoms with Crippen LogP contribution in [-0.4, -0.2) is 7.11 Å². The van der Waals surface area contributed by atoms with Crippen molar-refractivity contribution >= 4 is 0 Å². The molecule has 0 aliphatic rings. The topological polar surface area (TPSA) is 9.23 Å². The van der Waals surface area contributed by atoms with Crippen molar-refractivity contribution in [3.05, 3.63) is 29.3 Å². The zero-order valence-corrected chi connectivity index (χ0v) is 9.05. The summed E-state index contributed by atoms with van der Waals surface area (Å²) in [5.74, 6) is 6.90. The molecule has 1 aromatic carbocycles. The van der Waals surface area contributed by atoms with Crippen LogP contribution in [0, 0.1) is 18.8 Å². The van der Waals surface area contributed by atoms with Gasteiger partial charge in [-0.05, 0) is 43.5 Å². The minimum Gasteiger partial charge on any atom is -0.497 e. The van der Waals surface area contributed by atoms with Crippen LogP contribution in [0.15, 0.2) is 18.2 Å². The number of rotatable bonds is 3. The van der Waals surface area contributed by atoms with Crippen molar-refractivity contribution in [2.45, 2.75) is 26.7 Å². The Morgan fingerprint density at radius 1 is 1.36 bits per heavy atom. The maximum absolute atomic E-state index is 5.15. The highest BCUT2D eigenvalue weighted by molar-refractivity contribution is 5.35. The van der Waals surface area contributed by atoms with E-state index in [1.807, 2.05) is 13.0 Å². The van der Waals surface area contributed by atoms with Gasteiger partial charge in [-0.2, -0.15) is 0 Å². The molecule has 1 aromatic rings. The molecule has 0 aromatic heterocycles. The van der Waals surface area contributed by atoms with Gasteiger partial charge in [-0.25, -0.2) is 0 Å². The lowest BCUT2D eigenvalue weighted by Crippen LogP contribution is -1.90. The van der Waals surface area contributed by atoms with Crippen molar-refractivity contribution < 1.29 is 4.74 Å². The van der Waals surface area contributed by atoms with E-state index in [0.29, 0.717) is 0 Å². The van der Waals surface area contributed by atoms with Crippen LogP contribution in [0.5, 0.6) is 5.75 Å². The SMILES string of the molecule is CC#CCCc1ccc(OC)cc1C. The Labute approximate surface area is 86.1 Å². The fraction of sp³-hybridized carbons (Fsp3) is 0.385. The fourth-order valence-electron chi connectivity index (χ4n) is 1.40. The zero-order valence-electron chi connectivity index (χ0n) is 9.05. The monoisotopic (exact) mass is 188 g/mol. The number of methoxy groups -OCH3 is 1. The van der Waals surface area contributed by atoms with E-state index in [1.54, 1.807) is 7.11 Å². The van der Waals surface area contributed by atoms with Gasteiger partial charge in [-0.15, -0.1) is 11.8 Å². The van der Waals surface area contributed by atoms with Crippen LogP contribution >= 0.6 is 0 Å². The first-order valence-electron chi connectivity index (χ1n) is 4.81. The third-order valence-corrected chi connectivity index (χ3v) is 2.25. The van der Waals surface area contributed by atoms with Crippen molar-refractivity contribution in [3.63, 3.8) is 0 Å². The molecule has 0 N–H and O–H groups in total. The van der Waals surface area contributed by atoms with Crippen LogP contribution in [0.1, 0.15) is 24.5 Å². The lowest BCUT2D eigenvalue weighted by molar-refractivity contribution is 0.414. The van der Waals surface area contributed by atoms with Crippen molar-refractivity contribution in [2.24, 2.45) is 0 Å². The predicted octanol–water partition coefficient (Wildman–Crippen LogP) is 2.96. The molecular weight excluding hydrogens is 172 g/mol. The van der Waals surface area contributed by atoms with Crippen LogP contribution < -0.4 is 4.74 Å². The first kappa shape index (κ1) is 10.7. The molecule has 14 heavy (non-hydrogen) atoms. The third kappa shape index (κ3) is 2.81. The molecule has 0 unspecified atom stereocenters. The summed E-state index contributed by atoms with van der Waals surface area (Å²) in [6, 6.07) is 6.18. The van der Waals surface area contributed by atoms with Crippen LogP contribution in [-0.2, 0) is 6.42 Å². The molecule has 1 nitrogen and oxygen atoms in total. The second-order valence-corrected chi connectivity index (χ2v) is 3.22. The van der Waals surface area contributed by atoms with Gasteiger partial charge in [0.25, 0.3) is 0 Å². The molecule has 0 spiro atoms. The van der Waals surface area contributed by atoms with E-state index in [0.717, 1.165) is 18.6 Å². The minimum atomic E-state index is 0.924. The summed E-state index contributed by atoms with van der Waals surface area (Å²) in [6.45, 7) is 3.98. The highest BCUT2D eigenvalue weighted by atomic mass is 16.5. The third-order valence-electron chi connectivity index (χ3n) is 2.25. The molecular formula is C13H16O. The molecule has 0 amide bonds. The zero-order chi connectivity index (χ0) is 10.4. The quantitative estimate of drug-likeness (QED) is 0.663. The van der Waals surface area contributed by atoms with Crippen molar-refractivity contribution in [2.75, 3.05) is 7.11 Å². The number of benzene rings is 1. The van der Waals surface area contributed by atoms with Gasteiger partial charge in [-0.3, -0.25) is 0 Å². The Morgan fingerprint density at radius 2 is 2.14 bits per heavy atom. The average molecular weight is 188 g/mol. The number of aryl methyl sites for hydroxylation is 2. The second kappa shape index (κ2) is 5.34. The van der Waals surface area contributed by atoms with E-state index in [-0.39, 0.29) is 0 Å². The Morgan fingerprint density at radius 3 is 2.71 bits per heavy atom. The van der Waals surface area contributed by atoms with Gasteiger partial charge in [0.15, 0.2) is 0 Å². The first-order valence-corrected chi connectivity index (χ1v) is 4.81. The Balaban J connectivity index is 2.71. The van der Waals surface area contributed by atoms with E-state index in [4.69, 9.17) is 4.74 Å². The summed E-state index contributed by atoms with van der Waals surface area (Å²) in [4.78, 5) is 0. The van der Waals surface area contributed by atoms with E-state index >= 15 is 0 Å². The lowest BCUT2D eigenvalue weighted by Gasteiger charge is -2.06. The van der Waals surface area contributed by atoms with Crippen LogP contribution in [0.4, 0.5) is 0 Å². The van der Waals surface area contributed by atoms with Crippen LogP contribution in [0.3, 0.4) is 0 Å². The minimum absolute atomic E-state index is 0.924. The summed E-state index contributed by atoms with van der Waals surface area (Å²) >= 11 is 0. The standard InChI is InChI=1S/C13H16O/c1-4-5-6-7-12-8-9-13(14-3)10-11(12)2/h8-10H,6-7H2,1-3H3. The molecule has 0 radical (unpaired) electrons. The molecule has 0 heterocycles. The summed E-state index contributed by atoms with van der Waals surface area (Å²) < 4.78 is 5.15.